The van der Waals surface area contributed by atoms with E-state index in [9.17, 15) is 0 Å². The number of ether oxygens (including phenoxy) is 1. The first kappa shape index (κ1) is 15.1. The van der Waals surface area contributed by atoms with Crippen LogP contribution in [0, 0.1) is 13.8 Å². The number of aliphatic hydroxyl groups is 1. The minimum absolute atomic E-state index is 0.0951. The number of hydrogen-bond donors (Lipinski definition) is 2. The van der Waals surface area contributed by atoms with Crippen LogP contribution in [0.1, 0.15) is 36.3 Å². The molecule has 0 bridgehead atoms. The summed E-state index contributed by atoms with van der Waals surface area (Å²) in [4.78, 5) is 0. The molecule has 0 fully saturated rings. The van der Waals surface area contributed by atoms with Gasteiger partial charge in [0.15, 0.2) is 0 Å². The summed E-state index contributed by atoms with van der Waals surface area (Å²) in [5.41, 5.74) is 3.59. The van der Waals surface area contributed by atoms with Gasteiger partial charge in [0.1, 0.15) is 0 Å². The summed E-state index contributed by atoms with van der Waals surface area (Å²) in [6.07, 6.45) is 0.947. The highest BCUT2D eigenvalue weighted by Crippen LogP contribution is 2.20. The van der Waals surface area contributed by atoms with Crippen LogP contribution in [0.2, 0.25) is 0 Å². The molecule has 0 saturated carbocycles. The van der Waals surface area contributed by atoms with E-state index >= 15 is 0 Å². The summed E-state index contributed by atoms with van der Waals surface area (Å²) in [5, 5.41) is 16.5. The van der Waals surface area contributed by atoms with E-state index < -0.39 is 0 Å². The maximum Gasteiger partial charge on any atom is 0.0697 e. The van der Waals surface area contributed by atoms with Crippen molar-refractivity contribution < 1.29 is 9.84 Å². The van der Waals surface area contributed by atoms with E-state index in [0.717, 1.165) is 18.7 Å². The normalized spacial score (nSPS) is 12.9. The van der Waals surface area contributed by atoms with Gasteiger partial charge in [-0.3, -0.25) is 4.68 Å². The molecular weight excluding hydrogens is 230 g/mol. The zero-order valence-electron chi connectivity index (χ0n) is 11.9. The number of aromatic nitrogens is 2. The lowest BCUT2D eigenvalue weighted by molar-refractivity contribution is 0.0904. The average Bonchev–Trinajstić information content (AvgIpc) is 2.58. The summed E-state index contributed by atoms with van der Waals surface area (Å²) < 4.78 is 7.14. The van der Waals surface area contributed by atoms with Crippen molar-refractivity contribution in [3.63, 3.8) is 0 Å². The fraction of sp³-hybridized carbons (Fsp3) is 0.769. The van der Waals surface area contributed by atoms with Crippen molar-refractivity contribution in [3.05, 3.63) is 17.0 Å². The van der Waals surface area contributed by atoms with Gasteiger partial charge in [-0.15, -0.1) is 0 Å². The van der Waals surface area contributed by atoms with E-state index in [-0.39, 0.29) is 6.61 Å². The van der Waals surface area contributed by atoms with E-state index in [0.29, 0.717) is 19.3 Å². The van der Waals surface area contributed by atoms with Crippen LogP contribution in [-0.2, 0) is 11.8 Å². The van der Waals surface area contributed by atoms with Gasteiger partial charge >= 0.3 is 0 Å². The lowest BCUT2D eigenvalue weighted by atomic mass is 10.1. The van der Waals surface area contributed by atoms with Crippen LogP contribution < -0.4 is 5.32 Å². The van der Waals surface area contributed by atoms with Gasteiger partial charge in [0.05, 0.1) is 18.9 Å². The number of hydrogen-bond acceptors (Lipinski definition) is 4. The number of nitrogens with zero attached hydrogens (tertiary/aromatic N) is 2. The predicted octanol–water partition coefficient (Wildman–Crippen LogP) is 1.09. The minimum Gasteiger partial charge on any atom is -0.394 e. The summed E-state index contributed by atoms with van der Waals surface area (Å²) in [5.74, 6) is 0. The smallest absolute Gasteiger partial charge is 0.0697 e. The average molecular weight is 255 g/mol. The summed E-state index contributed by atoms with van der Waals surface area (Å²) in [6, 6.07) is 0.302. The molecule has 18 heavy (non-hydrogen) atoms. The molecule has 2 N–H and O–H groups in total. The van der Waals surface area contributed by atoms with Gasteiger partial charge in [-0.1, -0.05) is 0 Å². The van der Waals surface area contributed by atoms with Crippen molar-refractivity contribution in [2.45, 2.75) is 33.2 Å². The molecule has 1 unspecified atom stereocenters. The molecule has 1 heterocycles. The van der Waals surface area contributed by atoms with Gasteiger partial charge in [0.25, 0.3) is 0 Å². The second-order valence-corrected chi connectivity index (χ2v) is 4.57. The molecule has 0 aromatic carbocycles. The Morgan fingerprint density at radius 2 is 2.11 bits per heavy atom. The van der Waals surface area contributed by atoms with Gasteiger partial charge in [-0.2, -0.15) is 5.10 Å². The van der Waals surface area contributed by atoms with E-state index in [4.69, 9.17) is 9.84 Å². The maximum absolute atomic E-state index is 8.57. The number of nitrogens with one attached hydrogen (secondary N) is 1. The highest BCUT2D eigenvalue weighted by atomic mass is 16.5. The fourth-order valence-corrected chi connectivity index (χ4v) is 2.18. The van der Waals surface area contributed by atoms with Crippen molar-refractivity contribution in [1.29, 1.82) is 0 Å². The second-order valence-electron chi connectivity index (χ2n) is 4.57. The first-order valence-electron chi connectivity index (χ1n) is 6.50. The van der Waals surface area contributed by atoms with Crippen molar-refractivity contribution >= 4 is 0 Å². The largest absolute Gasteiger partial charge is 0.394 e. The number of rotatable bonds is 8. The molecule has 0 aliphatic carbocycles. The van der Waals surface area contributed by atoms with Crippen molar-refractivity contribution in [1.82, 2.24) is 15.1 Å². The molecule has 0 amide bonds. The van der Waals surface area contributed by atoms with Crippen LogP contribution in [0.5, 0.6) is 0 Å². The van der Waals surface area contributed by atoms with Gasteiger partial charge in [0.2, 0.25) is 0 Å². The first-order valence-corrected chi connectivity index (χ1v) is 6.50. The highest BCUT2D eigenvalue weighted by Gasteiger charge is 2.15. The van der Waals surface area contributed by atoms with Crippen LogP contribution in [0.15, 0.2) is 0 Å². The van der Waals surface area contributed by atoms with Crippen molar-refractivity contribution in [3.8, 4) is 0 Å². The third-order valence-corrected chi connectivity index (χ3v) is 3.15. The third-order valence-electron chi connectivity index (χ3n) is 3.15. The van der Waals surface area contributed by atoms with E-state index in [1.54, 1.807) is 0 Å². The molecule has 5 heteroatoms. The lowest BCUT2D eigenvalue weighted by Gasteiger charge is -2.14. The Kier molecular flexibility index (Phi) is 6.32. The molecular formula is C13H25N3O2. The Morgan fingerprint density at radius 1 is 1.39 bits per heavy atom. The zero-order valence-corrected chi connectivity index (χ0v) is 11.9. The first-order chi connectivity index (χ1) is 8.57. The SMILES string of the molecule is Cc1nn(C)c(C)c1C(C)NCCCOCCO. The highest BCUT2D eigenvalue weighted by molar-refractivity contribution is 5.27. The third kappa shape index (κ3) is 4.08. The standard InChI is InChI=1S/C13H25N3O2/c1-10(14-6-5-8-18-9-7-17)13-11(2)15-16(4)12(13)3/h10,14,17H,5-9H2,1-4H3. The minimum atomic E-state index is 0.0951. The number of aryl methyl sites for hydroxylation is 2. The van der Waals surface area contributed by atoms with Crippen molar-refractivity contribution in [2.24, 2.45) is 7.05 Å². The fourth-order valence-electron chi connectivity index (χ4n) is 2.18. The molecule has 0 radical (unpaired) electrons. The Morgan fingerprint density at radius 3 is 2.67 bits per heavy atom. The quantitative estimate of drug-likeness (QED) is 0.683. The molecule has 1 rings (SSSR count). The molecule has 0 aliphatic rings. The Hall–Kier alpha value is -0.910. The van der Waals surface area contributed by atoms with E-state index in [1.807, 2.05) is 18.7 Å². The van der Waals surface area contributed by atoms with E-state index in [1.165, 1.54) is 11.3 Å². The van der Waals surface area contributed by atoms with Gasteiger partial charge in [-0.25, -0.2) is 0 Å². The predicted molar refractivity (Wildman–Crippen MR) is 71.6 cm³/mol. The topological polar surface area (TPSA) is 59.3 Å². The zero-order chi connectivity index (χ0) is 13.5. The number of aliphatic hydroxyl groups excluding tert-OH is 1. The van der Waals surface area contributed by atoms with Crippen LogP contribution in [0.4, 0.5) is 0 Å². The summed E-state index contributed by atoms with van der Waals surface area (Å²) in [7, 11) is 1.97. The summed E-state index contributed by atoms with van der Waals surface area (Å²) >= 11 is 0. The molecule has 1 aromatic rings. The molecule has 1 aromatic heterocycles. The van der Waals surface area contributed by atoms with Crippen molar-refractivity contribution in [2.75, 3.05) is 26.4 Å². The Labute approximate surface area is 109 Å². The molecule has 5 nitrogen and oxygen atoms in total. The van der Waals surface area contributed by atoms with Gasteiger partial charge in [0, 0.05) is 31.0 Å². The van der Waals surface area contributed by atoms with E-state index in [2.05, 4.69) is 24.3 Å². The molecule has 1 atom stereocenters. The Balaban J connectivity index is 2.34. The van der Waals surface area contributed by atoms with Crippen LogP contribution in [0.25, 0.3) is 0 Å². The second kappa shape index (κ2) is 7.51. The van der Waals surface area contributed by atoms with Gasteiger partial charge in [-0.05, 0) is 33.7 Å². The summed E-state index contributed by atoms with van der Waals surface area (Å²) in [6.45, 7) is 8.41. The van der Waals surface area contributed by atoms with Crippen LogP contribution in [-0.4, -0.2) is 41.3 Å². The van der Waals surface area contributed by atoms with Crippen LogP contribution in [0.3, 0.4) is 0 Å². The lowest BCUT2D eigenvalue weighted by Crippen LogP contribution is -2.22. The molecule has 104 valence electrons. The van der Waals surface area contributed by atoms with Gasteiger partial charge < -0.3 is 15.2 Å². The Bertz CT molecular complexity index is 363. The maximum atomic E-state index is 8.57. The molecule has 0 saturated heterocycles. The molecule has 0 spiro atoms. The van der Waals surface area contributed by atoms with Crippen LogP contribution >= 0.6 is 0 Å². The monoisotopic (exact) mass is 255 g/mol. The molecule has 0 aliphatic heterocycles.